The van der Waals surface area contributed by atoms with Gasteiger partial charge in [0.1, 0.15) is 12.1 Å². The number of halogens is 3. The molecule has 8 N–H and O–H groups in total. The fraction of sp³-hybridized carbons (Fsp3) is 0.327. The van der Waals surface area contributed by atoms with E-state index < -0.39 is 65.2 Å². The summed E-state index contributed by atoms with van der Waals surface area (Å²) < 4.78 is 39.6. The molecule has 408 valence electrons. The van der Waals surface area contributed by atoms with Crippen molar-refractivity contribution in [2.45, 2.75) is 103 Å². The molecular formula is C55H58F3N11O9. The molecule has 2 aliphatic heterocycles. The van der Waals surface area contributed by atoms with Crippen molar-refractivity contribution < 1.29 is 56.3 Å². The first-order valence-corrected chi connectivity index (χ1v) is 25.4. The minimum Gasteiger partial charge on any atom is -0.384 e. The van der Waals surface area contributed by atoms with E-state index in [9.17, 15) is 56.3 Å². The highest BCUT2D eigenvalue weighted by Gasteiger charge is 2.45. The first-order valence-electron chi connectivity index (χ1n) is 25.4. The predicted octanol–water partition coefficient (Wildman–Crippen LogP) is 7.64. The van der Waals surface area contributed by atoms with Crippen LogP contribution in [0.25, 0.3) is 0 Å². The standard InChI is InChI=1S/C55H58F3N11O9/c1-3-44(70)67-42(21-23-45(71)60-26-9-7-5-4-6-8-25-59-41-18-12-17-39-47(41)53(78)69(52(39)77)43-22-24-46(72)68-51(43)76)50(75)64-35-15-11-16-36(28-35)66-54-61-30-38(31-62-54)65-49(74)40-29-37(20-19-32(40)2)63-48(73)33-13-10-14-34(27-33)55(56,57)58/h10-20,27-31,42-43,59H,3-9,21-26H2,1-2H3,(H,60,71)(H,63,73)(H,64,75)(H,65,74)(H,67,70)(H,61,62,66)(H,68,72,76)/t42-,43?/m0/s1. The van der Waals surface area contributed by atoms with Crippen molar-refractivity contribution in [3.05, 3.63) is 131 Å². The number of hydrogen-bond acceptors (Lipinski definition) is 13. The first-order chi connectivity index (χ1) is 37.4. The predicted molar refractivity (Wildman–Crippen MR) is 283 cm³/mol. The van der Waals surface area contributed by atoms with E-state index >= 15 is 0 Å². The van der Waals surface area contributed by atoms with Gasteiger partial charge in [0, 0.05) is 66.2 Å². The lowest BCUT2D eigenvalue weighted by molar-refractivity contribution is -0.138. The molecule has 0 aliphatic carbocycles. The summed E-state index contributed by atoms with van der Waals surface area (Å²) in [6.45, 7) is 4.32. The highest BCUT2D eigenvalue weighted by Crippen LogP contribution is 2.33. The Bertz CT molecular complexity index is 3100. The molecule has 1 saturated heterocycles. The van der Waals surface area contributed by atoms with Crippen molar-refractivity contribution in [3.8, 4) is 0 Å². The summed E-state index contributed by atoms with van der Waals surface area (Å²) in [5.74, 6) is -4.58. The summed E-state index contributed by atoms with van der Waals surface area (Å²) in [6.07, 6.45) is 3.54. The van der Waals surface area contributed by atoms with E-state index in [0.717, 1.165) is 61.6 Å². The maximum Gasteiger partial charge on any atom is 0.416 e. The van der Waals surface area contributed by atoms with Crippen molar-refractivity contribution in [2.75, 3.05) is 39.7 Å². The zero-order valence-electron chi connectivity index (χ0n) is 42.7. The Balaban J connectivity index is 0.799. The summed E-state index contributed by atoms with van der Waals surface area (Å²) in [6, 6.07) is 18.0. The highest BCUT2D eigenvalue weighted by atomic mass is 19.4. The average molecular weight is 1070 g/mol. The lowest BCUT2D eigenvalue weighted by atomic mass is 10.0. The number of imide groups is 2. The summed E-state index contributed by atoms with van der Waals surface area (Å²) in [7, 11) is 0. The van der Waals surface area contributed by atoms with Crippen LogP contribution in [0.5, 0.6) is 0 Å². The highest BCUT2D eigenvalue weighted by molar-refractivity contribution is 6.25. The zero-order chi connectivity index (χ0) is 55.9. The first kappa shape index (κ1) is 56.7. The minimum absolute atomic E-state index is 0.0135. The molecule has 0 saturated carbocycles. The van der Waals surface area contributed by atoms with Crippen molar-refractivity contribution in [3.63, 3.8) is 0 Å². The van der Waals surface area contributed by atoms with Crippen molar-refractivity contribution in [1.82, 2.24) is 30.8 Å². The van der Waals surface area contributed by atoms with E-state index in [2.05, 4.69) is 52.5 Å². The second-order valence-electron chi connectivity index (χ2n) is 18.6. The maximum atomic E-state index is 13.5. The largest absolute Gasteiger partial charge is 0.416 e. The van der Waals surface area contributed by atoms with Crippen LogP contribution in [0.4, 0.5) is 47.6 Å². The Kier molecular flexibility index (Phi) is 19.0. The molecule has 20 nitrogen and oxygen atoms in total. The summed E-state index contributed by atoms with van der Waals surface area (Å²) >= 11 is 0. The number of nitrogens with one attached hydrogen (secondary N) is 8. The number of aromatic nitrogens is 2. The van der Waals surface area contributed by atoms with Crippen LogP contribution in [0.3, 0.4) is 0 Å². The van der Waals surface area contributed by atoms with Gasteiger partial charge in [0.25, 0.3) is 23.6 Å². The molecule has 78 heavy (non-hydrogen) atoms. The van der Waals surface area contributed by atoms with E-state index in [1.54, 1.807) is 62.4 Å². The molecule has 1 unspecified atom stereocenters. The lowest BCUT2D eigenvalue weighted by Crippen LogP contribution is -2.54. The van der Waals surface area contributed by atoms with Gasteiger partial charge >= 0.3 is 6.18 Å². The van der Waals surface area contributed by atoms with Crippen LogP contribution in [-0.4, -0.2) is 93.2 Å². The number of nitrogens with zero attached hydrogens (tertiary/aromatic N) is 3. The molecule has 1 aromatic heterocycles. The molecule has 0 radical (unpaired) electrons. The molecule has 5 aromatic rings. The number of benzene rings is 4. The molecule has 3 heterocycles. The van der Waals surface area contributed by atoms with Crippen LogP contribution in [0.2, 0.25) is 0 Å². The van der Waals surface area contributed by atoms with Crippen LogP contribution in [0.15, 0.2) is 97.3 Å². The van der Waals surface area contributed by atoms with Crippen LogP contribution < -0.4 is 42.5 Å². The van der Waals surface area contributed by atoms with Crippen LogP contribution in [-0.2, 0) is 30.1 Å². The quantitative estimate of drug-likeness (QED) is 0.0218. The van der Waals surface area contributed by atoms with Crippen LogP contribution in [0, 0.1) is 6.92 Å². The SMILES string of the molecule is CCC(=O)N[C@@H](CCC(=O)NCCCCCCCCNc1cccc2c1C(=O)N(C1CCC(=O)NC1=O)C2=O)C(=O)Nc1cccc(Nc2ncc(NC(=O)c3cc(NC(=O)c4cccc(C(F)(F)F)c4)ccc3C)cn2)c1. The average Bonchev–Trinajstić information content (AvgIpc) is 3.67. The Morgan fingerprint density at radius 3 is 2.14 bits per heavy atom. The van der Waals surface area contributed by atoms with Gasteiger partial charge in [0.15, 0.2) is 0 Å². The molecule has 1 fully saturated rings. The van der Waals surface area contributed by atoms with Gasteiger partial charge in [-0.15, -0.1) is 0 Å². The summed E-state index contributed by atoms with van der Waals surface area (Å²) in [5.41, 5.74) is 1.78. The third kappa shape index (κ3) is 15.1. The van der Waals surface area contributed by atoms with Crippen molar-refractivity contribution >= 4 is 87.5 Å². The molecule has 0 bridgehead atoms. The number of fused-ring (bicyclic) bond motifs is 1. The number of carbonyl (C=O) groups excluding carboxylic acids is 9. The number of rotatable bonds is 24. The van der Waals surface area contributed by atoms with Crippen LogP contribution >= 0.6 is 0 Å². The number of unbranched alkanes of at least 4 members (excludes halogenated alkanes) is 5. The Hall–Kier alpha value is -9.02. The third-order valence-electron chi connectivity index (χ3n) is 12.8. The molecule has 0 spiro atoms. The van der Waals surface area contributed by atoms with Gasteiger partial charge in [-0.3, -0.25) is 53.4 Å². The molecule has 4 aromatic carbocycles. The lowest BCUT2D eigenvalue weighted by Gasteiger charge is -2.27. The zero-order valence-corrected chi connectivity index (χ0v) is 42.7. The van der Waals surface area contributed by atoms with E-state index in [1.807, 2.05) is 0 Å². The van der Waals surface area contributed by atoms with E-state index in [-0.39, 0.29) is 83.5 Å². The van der Waals surface area contributed by atoms with Crippen molar-refractivity contribution in [1.29, 1.82) is 0 Å². The maximum absolute atomic E-state index is 13.5. The fourth-order valence-corrected chi connectivity index (χ4v) is 8.67. The number of aryl methyl sites for hydroxylation is 1. The van der Waals surface area contributed by atoms with Crippen molar-refractivity contribution in [2.24, 2.45) is 0 Å². The molecular weight excluding hydrogens is 1020 g/mol. The number of hydrogen-bond donors (Lipinski definition) is 8. The minimum atomic E-state index is -4.63. The topological polar surface area (TPSA) is 279 Å². The van der Waals surface area contributed by atoms with Gasteiger partial charge in [0.05, 0.1) is 34.8 Å². The normalized spacial score (nSPS) is 14.4. The smallest absolute Gasteiger partial charge is 0.384 e. The second-order valence-corrected chi connectivity index (χ2v) is 18.6. The Labute approximate surface area is 446 Å². The fourth-order valence-electron chi connectivity index (χ4n) is 8.67. The second kappa shape index (κ2) is 26.2. The van der Waals surface area contributed by atoms with E-state index in [0.29, 0.717) is 35.7 Å². The van der Waals surface area contributed by atoms with E-state index in [4.69, 9.17) is 0 Å². The van der Waals surface area contributed by atoms with Gasteiger partial charge in [-0.2, -0.15) is 13.2 Å². The van der Waals surface area contributed by atoms with E-state index in [1.165, 1.54) is 30.6 Å². The summed E-state index contributed by atoms with van der Waals surface area (Å²) in [4.78, 5) is 125. The molecule has 7 rings (SSSR count). The number of alkyl halides is 3. The number of piperidine rings is 1. The van der Waals surface area contributed by atoms with Gasteiger partial charge in [0.2, 0.25) is 35.5 Å². The van der Waals surface area contributed by atoms with Gasteiger partial charge in [-0.1, -0.05) is 56.9 Å². The monoisotopic (exact) mass is 1070 g/mol. The molecule has 2 aliphatic rings. The number of amides is 9. The summed E-state index contributed by atoms with van der Waals surface area (Å²) in [5, 5.41) is 22.1. The number of anilines is 6. The Morgan fingerprint density at radius 2 is 1.41 bits per heavy atom. The molecule has 23 heteroatoms. The van der Waals surface area contributed by atoms with Gasteiger partial charge in [-0.25, -0.2) is 9.97 Å². The Morgan fingerprint density at radius 1 is 0.731 bits per heavy atom. The van der Waals surface area contributed by atoms with Gasteiger partial charge < -0.3 is 37.2 Å². The molecule has 2 atom stereocenters. The third-order valence-corrected chi connectivity index (χ3v) is 12.8. The van der Waals surface area contributed by atoms with Crippen LogP contribution in [0.1, 0.15) is 130 Å². The van der Waals surface area contributed by atoms with Gasteiger partial charge in [-0.05, 0) is 98.8 Å². The number of carbonyl (C=O) groups is 9. The molecule has 9 amide bonds.